The molecule has 1 aromatic heterocycles. The molecule has 5 nitrogen and oxygen atoms in total. The number of phenols is 1. The van der Waals surface area contributed by atoms with Gasteiger partial charge in [0.05, 0.1) is 12.2 Å². The van der Waals surface area contributed by atoms with Gasteiger partial charge < -0.3 is 10.4 Å². The van der Waals surface area contributed by atoms with E-state index in [2.05, 4.69) is 15.5 Å². The van der Waals surface area contributed by atoms with Gasteiger partial charge in [0.1, 0.15) is 5.75 Å². The molecule has 1 amide bonds. The summed E-state index contributed by atoms with van der Waals surface area (Å²) in [6.07, 6.45) is 1.63. The van der Waals surface area contributed by atoms with Crippen molar-refractivity contribution in [2.45, 2.75) is 13.5 Å². The minimum atomic E-state index is -0.178. The molecule has 17 heavy (non-hydrogen) atoms. The van der Waals surface area contributed by atoms with Gasteiger partial charge in [-0.25, -0.2) is 0 Å². The number of H-pyrrole nitrogens is 1. The molecule has 5 heteroatoms. The highest BCUT2D eigenvalue weighted by atomic mass is 16.3. The Kier molecular flexibility index (Phi) is 3.09. The molecule has 88 valence electrons. The molecule has 0 spiro atoms. The van der Waals surface area contributed by atoms with Crippen LogP contribution in [0.5, 0.6) is 5.75 Å². The first-order chi connectivity index (χ1) is 8.16. The number of phenolic OH excluding ortho intramolecular Hbond substituents is 1. The van der Waals surface area contributed by atoms with Crippen LogP contribution in [0.2, 0.25) is 0 Å². The van der Waals surface area contributed by atoms with Crippen molar-refractivity contribution in [1.82, 2.24) is 15.5 Å². The molecular weight excluding hydrogens is 218 g/mol. The van der Waals surface area contributed by atoms with E-state index in [4.69, 9.17) is 0 Å². The standard InChI is InChI=1S/C12H13N3O2/c1-8-6-9(2-3-11(8)16)12(17)13-7-10-4-5-14-15-10/h2-6,16H,7H2,1H3,(H,13,17)(H,14,15). The molecule has 0 aliphatic rings. The summed E-state index contributed by atoms with van der Waals surface area (Å²) < 4.78 is 0. The Balaban J connectivity index is 2.02. The molecule has 1 aromatic carbocycles. The molecule has 1 heterocycles. The lowest BCUT2D eigenvalue weighted by Crippen LogP contribution is -2.23. The number of nitrogens with one attached hydrogen (secondary N) is 2. The third-order valence-electron chi connectivity index (χ3n) is 2.46. The molecule has 0 aliphatic carbocycles. The first-order valence-corrected chi connectivity index (χ1v) is 5.23. The number of hydrogen-bond acceptors (Lipinski definition) is 3. The second-order valence-electron chi connectivity index (χ2n) is 3.77. The average Bonchev–Trinajstić information content (AvgIpc) is 2.82. The topological polar surface area (TPSA) is 78.0 Å². The predicted octanol–water partition coefficient (Wildman–Crippen LogP) is 1.35. The second kappa shape index (κ2) is 4.69. The summed E-state index contributed by atoms with van der Waals surface area (Å²) in [6, 6.07) is 6.55. The van der Waals surface area contributed by atoms with E-state index in [0.717, 1.165) is 5.69 Å². The fraction of sp³-hybridized carbons (Fsp3) is 0.167. The van der Waals surface area contributed by atoms with Crippen LogP contribution in [0.15, 0.2) is 30.5 Å². The molecule has 0 saturated heterocycles. The van der Waals surface area contributed by atoms with Gasteiger partial charge >= 0.3 is 0 Å². The summed E-state index contributed by atoms with van der Waals surface area (Å²) in [5.74, 6) is 0.0119. The fourth-order valence-electron chi connectivity index (χ4n) is 1.46. The summed E-state index contributed by atoms with van der Waals surface area (Å²) in [4.78, 5) is 11.8. The van der Waals surface area contributed by atoms with Crippen LogP contribution in [-0.4, -0.2) is 21.2 Å². The molecule has 0 saturated carbocycles. The van der Waals surface area contributed by atoms with E-state index in [1.165, 1.54) is 6.07 Å². The van der Waals surface area contributed by atoms with Crippen LogP contribution in [0.4, 0.5) is 0 Å². The zero-order chi connectivity index (χ0) is 12.3. The van der Waals surface area contributed by atoms with E-state index in [9.17, 15) is 9.90 Å². The van der Waals surface area contributed by atoms with Crippen molar-refractivity contribution in [2.24, 2.45) is 0 Å². The van der Waals surface area contributed by atoms with Crippen molar-refractivity contribution < 1.29 is 9.90 Å². The summed E-state index contributed by atoms with van der Waals surface area (Å²) in [5.41, 5.74) is 2.05. The van der Waals surface area contributed by atoms with Crippen molar-refractivity contribution in [1.29, 1.82) is 0 Å². The molecule has 0 fully saturated rings. The largest absolute Gasteiger partial charge is 0.508 e. The Morgan fingerprint density at radius 2 is 2.29 bits per heavy atom. The van der Waals surface area contributed by atoms with Crippen molar-refractivity contribution in [3.63, 3.8) is 0 Å². The minimum absolute atomic E-state index is 0.178. The molecule has 0 atom stereocenters. The molecule has 0 radical (unpaired) electrons. The van der Waals surface area contributed by atoms with Crippen LogP contribution >= 0.6 is 0 Å². The van der Waals surface area contributed by atoms with Crippen LogP contribution in [-0.2, 0) is 6.54 Å². The maximum absolute atomic E-state index is 11.8. The Bertz CT molecular complexity index is 521. The molecule has 0 bridgehead atoms. The number of carbonyl (C=O) groups is 1. The molecule has 3 N–H and O–H groups in total. The Hall–Kier alpha value is -2.30. The number of carbonyl (C=O) groups excluding carboxylic acids is 1. The van der Waals surface area contributed by atoms with Gasteiger partial charge in [0, 0.05) is 11.8 Å². The number of rotatable bonds is 3. The zero-order valence-corrected chi connectivity index (χ0v) is 9.40. The van der Waals surface area contributed by atoms with Crippen molar-refractivity contribution in [2.75, 3.05) is 0 Å². The fourth-order valence-corrected chi connectivity index (χ4v) is 1.46. The Labute approximate surface area is 98.5 Å². The quantitative estimate of drug-likeness (QED) is 0.746. The number of aryl methyl sites for hydroxylation is 1. The number of aromatic nitrogens is 2. The van der Waals surface area contributed by atoms with Crippen LogP contribution < -0.4 is 5.32 Å². The molecule has 0 unspecified atom stereocenters. The van der Waals surface area contributed by atoms with Gasteiger partial charge in [0.15, 0.2) is 0 Å². The van der Waals surface area contributed by atoms with Gasteiger partial charge in [-0.15, -0.1) is 0 Å². The highest BCUT2D eigenvalue weighted by molar-refractivity contribution is 5.94. The SMILES string of the molecule is Cc1cc(C(=O)NCc2ccn[nH]2)ccc1O. The summed E-state index contributed by atoms with van der Waals surface area (Å²) >= 11 is 0. The lowest BCUT2D eigenvalue weighted by atomic mass is 10.1. The molecule has 0 aliphatic heterocycles. The smallest absolute Gasteiger partial charge is 0.251 e. The maximum atomic E-state index is 11.8. The minimum Gasteiger partial charge on any atom is -0.508 e. The van der Waals surface area contributed by atoms with Crippen molar-refractivity contribution >= 4 is 5.91 Å². The molecule has 2 rings (SSSR count). The van der Waals surface area contributed by atoms with E-state index in [0.29, 0.717) is 17.7 Å². The third kappa shape index (κ3) is 2.63. The molecular formula is C12H13N3O2. The number of aromatic hydroxyl groups is 1. The number of hydrogen-bond donors (Lipinski definition) is 3. The number of benzene rings is 1. The highest BCUT2D eigenvalue weighted by Gasteiger charge is 2.07. The zero-order valence-electron chi connectivity index (χ0n) is 9.40. The van der Waals surface area contributed by atoms with E-state index in [-0.39, 0.29) is 11.7 Å². The highest BCUT2D eigenvalue weighted by Crippen LogP contribution is 2.16. The molecule has 2 aromatic rings. The number of amides is 1. The van der Waals surface area contributed by atoms with Gasteiger partial charge in [-0.1, -0.05) is 0 Å². The summed E-state index contributed by atoms with van der Waals surface area (Å²) in [7, 11) is 0. The van der Waals surface area contributed by atoms with Gasteiger partial charge in [0.25, 0.3) is 5.91 Å². The first kappa shape index (κ1) is 11.2. The normalized spacial score (nSPS) is 10.2. The van der Waals surface area contributed by atoms with Crippen LogP contribution in [0.3, 0.4) is 0 Å². The van der Waals surface area contributed by atoms with Gasteiger partial charge in [-0.3, -0.25) is 9.89 Å². The third-order valence-corrected chi connectivity index (χ3v) is 2.46. The lowest BCUT2D eigenvalue weighted by Gasteiger charge is -2.05. The van der Waals surface area contributed by atoms with Crippen molar-refractivity contribution in [3.05, 3.63) is 47.3 Å². The number of aromatic amines is 1. The van der Waals surface area contributed by atoms with Gasteiger partial charge in [-0.2, -0.15) is 5.10 Å². The Morgan fingerprint density at radius 1 is 1.47 bits per heavy atom. The van der Waals surface area contributed by atoms with Gasteiger partial charge in [0.2, 0.25) is 0 Å². The van der Waals surface area contributed by atoms with E-state index < -0.39 is 0 Å². The average molecular weight is 231 g/mol. The second-order valence-corrected chi connectivity index (χ2v) is 3.77. The Morgan fingerprint density at radius 3 is 2.94 bits per heavy atom. The maximum Gasteiger partial charge on any atom is 0.251 e. The van der Waals surface area contributed by atoms with Gasteiger partial charge in [-0.05, 0) is 36.8 Å². The first-order valence-electron chi connectivity index (χ1n) is 5.23. The van der Waals surface area contributed by atoms with E-state index in [1.807, 2.05) is 0 Å². The monoisotopic (exact) mass is 231 g/mol. The van der Waals surface area contributed by atoms with Crippen LogP contribution in [0.1, 0.15) is 21.6 Å². The van der Waals surface area contributed by atoms with Crippen molar-refractivity contribution in [3.8, 4) is 5.75 Å². The van der Waals surface area contributed by atoms with E-state index in [1.54, 1.807) is 31.3 Å². The summed E-state index contributed by atoms with van der Waals surface area (Å²) in [6.45, 7) is 2.15. The number of nitrogens with zero attached hydrogens (tertiary/aromatic N) is 1. The van der Waals surface area contributed by atoms with Crippen LogP contribution in [0.25, 0.3) is 0 Å². The van der Waals surface area contributed by atoms with E-state index >= 15 is 0 Å². The summed E-state index contributed by atoms with van der Waals surface area (Å²) in [5, 5.41) is 18.7. The van der Waals surface area contributed by atoms with Crippen LogP contribution in [0, 0.1) is 6.92 Å². The predicted molar refractivity (Wildman–Crippen MR) is 62.6 cm³/mol. The lowest BCUT2D eigenvalue weighted by molar-refractivity contribution is 0.0950.